The molecule has 0 saturated heterocycles. The van der Waals surface area contributed by atoms with Gasteiger partial charge in [-0.25, -0.2) is 17.8 Å². The van der Waals surface area contributed by atoms with Crippen LogP contribution in [0.25, 0.3) is 0 Å². The normalized spacial score (nSPS) is 16.5. The van der Waals surface area contributed by atoms with Gasteiger partial charge in [-0.05, 0) is 30.9 Å². The fraction of sp³-hybridized carbons (Fsp3) is 0.583. The van der Waals surface area contributed by atoms with Gasteiger partial charge in [-0.3, -0.25) is 0 Å². The lowest BCUT2D eigenvalue weighted by Gasteiger charge is -2.23. The molecule has 100 valence electrons. The quantitative estimate of drug-likeness (QED) is 0.824. The summed E-state index contributed by atoms with van der Waals surface area (Å²) in [6.45, 7) is 4.29. The van der Waals surface area contributed by atoms with E-state index in [-0.39, 0.29) is 12.0 Å². The molecule has 0 spiro atoms. The third kappa shape index (κ3) is 2.70. The average Bonchev–Trinajstić information content (AvgIpc) is 3.09. The molecule has 1 fully saturated rings. The fourth-order valence-electron chi connectivity index (χ4n) is 1.84. The van der Waals surface area contributed by atoms with E-state index >= 15 is 0 Å². The molecule has 18 heavy (non-hydrogen) atoms. The molecule has 1 aromatic heterocycles. The number of aromatic nitrogens is 1. The monoisotopic (exact) mass is 272 g/mol. The molecular formula is C12H17FN2O2S. The van der Waals surface area contributed by atoms with Gasteiger partial charge in [-0.2, -0.15) is 4.31 Å². The van der Waals surface area contributed by atoms with E-state index in [4.69, 9.17) is 0 Å². The molecule has 0 amide bonds. The van der Waals surface area contributed by atoms with Gasteiger partial charge in [0.05, 0.1) is 0 Å². The van der Waals surface area contributed by atoms with Crippen molar-refractivity contribution in [2.45, 2.75) is 37.8 Å². The van der Waals surface area contributed by atoms with Gasteiger partial charge in [-0.1, -0.05) is 13.8 Å². The van der Waals surface area contributed by atoms with Crippen LogP contribution in [0.5, 0.6) is 0 Å². The molecule has 1 aromatic rings. The molecule has 1 aliphatic rings. The van der Waals surface area contributed by atoms with Crippen LogP contribution in [0.1, 0.15) is 26.7 Å². The number of hydrogen-bond acceptors (Lipinski definition) is 3. The van der Waals surface area contributed by atoms with Crippen LogP contribution < -0.4 is 0 Å². The van der Waals surface area contributed by atoms with E-state index in [1.165, 1.54) is 16.6 Å². The lowest BCUT2D eigenvalue weighted by molar-refractivity contribution is 0.356. The minimum absolute atomic E-state index is 0.0128. The molecule has 6 heteroatoms. The molecule has 1 heterocycles. The largest absolute Gasteiger partial charge is 0.263 e. The molecule has 0 radical (unpaired) electrons. The fourth-order valence-corrected chi connectivity index (χ4v) is 3.67. The van der Waals surface area contributed by atoms with E-state index in [9.17, 15) is 12.8 Å². The zero-order valence-corrected chi connectivity index (χ0v) is 11.3. The second-order valence-corrected chi connectivity index (χ2v) is 6.80. The van der Waals surface area contributed by atoms with Crippen molar-refractivity contribution >= 4 is 10.0 Å². The minimum Gasteiger partial charge on any atom is -0.241 e. The minimum atomic E-state index is -3.82. The number of rotatable bonds is 5. The van der Waals surface area contributed by atoms with E-state index < -0.39 is 20.9 Å². The van der Waals surface area contributed by atoms with E-state index in [1.54, 1.807) is 0 Å². The summed E-state index contributed by atoms with van der Waals surface area (Å²) in [6, 6.07) is 2.53. The van der Waals surface area contributed by atoms with Crippen LogP contribution in [0.3, 0.4) is 0 Å². The van der Waals surface area contributed by atoms with Crippen LogP contribution in [0.15, 0.2) is 23.4 Å². The van der Waals surface area contributed by atoms with E-state index in [2.05, 4.69) is 4.98 Å². The third-order valence-corrected chi connectivity index (χ3v) is 4.63. The van der Waals surface area contributed by atoms with Gasteiger partial charge in [0.25, 0.3) is 10.0 Å². The summed E-state index contributed by atoms with van der Waals surface area (Å²) in [4.78, 5) is 3.68. The summed E-state index contributed by atoms with van der Waals surface area (Å²) in [5.74, 6) is -0.584. The average molecular weight is 272 g/mol. The maximum Gasteiger partial charge on any atom is 0.263 e. The Balaban J connectivity index is 2.36. The van der Waals surface area contributed by atoms with E-state index in [0.717, 1.165) is 18.9 Å². The number of nitrogens with zero attached hydrogens (tertiary/aromatic N) is 2. The van der Waals surface area contributed by atoms with Crippen molar-refractivity contribution in [1.29, 1.82) is 0 Å². The Morgan fingerprint density at radius 3 is 2.67 bits per heavy atom. The van der Waals surface area contributed by atoms with Gasteiger partial charge in [0.2, 0.25) is 5.03 Å². The van der Waals surface area contributed by atoms with Crippen LogP contribution >= 0.6 is 0 Å². The Morgan fingerprint density at radius 1 is 1.50 bits per heavy atom. The highest BCUT2D eigenvalue weighted by Gasteiger charge is 2.40. The second-order valence-electron chi connectivity index (χ2n) is 4.99. The van der Waals surface area contributed by atoms with Crippen molar-refractivity contribution in [2.24, 2.45) is 5.92 Å². The van der Waals surface area contributed by atoms with Crippen molar-refractivity contribution in [3.8, 4) is 0 Å². The van der Waals surface area contributed by atoms with Gasteiger partial charge in [0.1, 0.15) is 0 Å². The Hall–Kier alpha value is -1.01. The third-order valence-electron chi connectivity index (χ3n) is 2.78. The van der Waals surface area contributed by atoms with Crippen molar-refractivity contribution in [3.05, 3.63) is 24.1 Å². The first-order chi connectivity index (χ1) is 8.43. The number of pyridine rings is 1. The molecule has 0 bridgehead atoms. The molecule has 0 unspecified atom stereocenters. The van der Waals surface area contributed by atoms with Gasteiger partial charge in [0, 0.05) is 18.8 Å². The van der Waals surface area contributed by atoms with Crippen molar-refractivity contribution in [2.75, 3.05) is 6.54 Å². The standard InChI is InChI=1S/C12H17FN2O2S/c1-9(2)8-15(10-5-6-10)18(16,17)12-11(13)4-3-7-14-12/h3-4,7,9-10H,5-6,8H2,1-2H3. The highest BCUT2D eigenvalue weighted by molar-refractivity contribution is 7.89. The zero-order chi connectivity index (χ0) is 13.3. The maximum absolute atomic E-state index is 13.6. The van der Waals surface area contributed by atoms with Crippen LogP contribution in [0.4, 0.5) is 4.39 Å². The van der Waals surface area contributed by atoms with Crippen LogP contribution in [0, 0.1) is 11.7 Å². The number of hydrogen-bond donors (Lipinski definition) is 0. The summed E-state index contributed by atoms with van der Waals surface area (Å²) < 4.78 is 39.8. The summed E-state index contributed by atoms with van der Waals surface area (Å²) in [5, 5.41) is -0.461. The first-order valence-corrected chi connectivity index (χ1v) is 7.49. The molecular weight excluding hydrogens is 255 g/mol. The number of sulfonamides is 1. The Bertz CT molecular complexity index is 527. The van der Waals surface area contributed by atoms with E-state index in [1.807, 2.05) is 13.8 Å². The molecule has 0 atom stereocenters. The molecule has 1 saturated carbocycles. The van der Waals surface area contributed by atoms with Gasteiger partial charge >= 0.3 is 0 Å². The van der Waals surface area contributed by atoms with Crippen molar-refractivity contribution in [3.63, 3.8) is 0 Å². The second kappa shape index (κ2) is 4.93. The van der Waals surface area contributed by atoms with Crippen molar-refractivity contribution in [1.82, 2.24) is 9.29 Å². The Labute approximate surface area is 107 Å². The molecule has 0 N–H and O–H groups in total. The van der Waals surface area contributed by atoms with E-state index in [0.29, 0.717) is 6.54 Å². The number of halogens is 1. The summed E-state index contributed by atoms with van der Waals surface area (Å²) in [6.07, 6.45) is 3.00. The molecule has 0 aromatic carbocycles. The Kier molecular flexibility index (Phi) is 3.68. The van der Waals surface area contributed by atoms with Crippen LogP contribution in [-0.2, 0) is 10.0 Å². The van der Waals surface area contributed by atoms with Crippen molar-refractivity contribution < 1.29 is 12.8 Å². The zero-order valence-electron chi connectivity index (χ0n) is 10.5. The molecule has 1 aliphatic carbocycles. The highest BCUT2D eigenvalue weighted by atomic mass is 32.2. The summed E-state index contributed by atoms with van der Waals surface area (Å²) >= 11 is 0. The first-order valence-electron chi connectivity index (χ1n) is 6.05. The summed E-state index contributed by atoms with van der Waals surface area (Å²) in [5.41, 5.74) is 0. The topological polar surface area (TPSA) is 50.3 Å². The maximum atomic E-state index is 13.6. The van der Waals surface area contributed by atoms with Gasteiger partial charge in [0.15, 0.2) is 5.82 Å². The summed E-state index contributed by atoms with van der Waals surface area (Å²) in [7, 11) is -3.82. The lowest BCUT2D eigenvalue weighted by atomic mass is 10.2. The van der Waals surface area contributed by atoms with Crippen LogP contribution in [-0.4, -0.2) is 30.3 Å². The Morgan fingerprint density at radius 2 is 2.17 bits per heavy atom. The lowest BCUT2D eigenvalue weighted by Crippen LogP contribution is -2.37. The molecule has 4 nitrogen and oxygen atoms in total. The highest BCUT2D eigenvalue weighted by Crippen LogP contribution is 2.32. The predicted octanol–water partition coefficient (Wildman–Crippen LogP) is 2.03. The SMILES string of the molecule is CC(C)CN(C1CC1)S(=O)(=O)c1ncccc1F. The van der Waals surface area contributed by atoms with Gasteiger partial charge < -0.3 is 0 Å². The molecule has 0 aliphatic heterocycles. The van der Waals surface area contributed by atoms with Crippen LogP contribution in [0.2, 0.25) is 0 Å². The first kappa shape index (κ1) is 13.4. The smallest absolute Gasteiger partial charge is 0.241 e. The molecule has 2 rings (SSSR count). The van der Waals surface area contributed by atoms with Gasteiger partial charge in [-0.15, -0.1) is 0 Å². The predicted molar refractivity (Wildman–Crippen MR) is 65.9 cm³/mol.